The Kier molecular flexibility index (Phi) is 7.88. The van der Waals surface area contributed by atoms with E-state index in [-0.39, 0.29) is 23.8 Å². The van der Waals surface area contributed by atoms with Gasteiger partial charge >= 0.3 is 0 Å². The van der Waals surface area contributed by atoms with Crippen LogP contribution in [-0.2, 0) is 17.6 Å². The second-order valence-electron chi connectivity index (χ2n) is 7.50. The van der Waals surface area contributed by atoms with Crippen LogP contribution in [0.25, 0.3) is 0 Å². The van der Waals surface area contributed by atoms with Gasteiger partial charge in [0.15, 0.2) is 11.6 Å². The number of carbonyl (C=O) groups is 3. The average molecular weight is 415 g/mol. The number of ketones is 3. The van der Waals surface area contributed by atoms with Gasteiger partial charge < -0.3 is 4.74 Å². The molecule has 0 bridgehead atoms. The van der Waals surface area contributed by atoms with Crippen molar-refractivity contribution in [1.82, 2.24) is 0 Å². The summed E-state index contributed by atoms with van der Waals surface area (Å²) in [6.07, 6.45) is 2.06. The fourth-order valence-corrected chi connectivity index (χ4v) is 3.38. The van der Waals surface area contributed by atoms with E-state index in [1.54, 1.807) is 31.4 Å². The van der Waals surface area contributed by atoms with Gasteiger partial charge in [-0.15, -0.1) is 0 Å². The SMILES string of the molecule is COc1ccc(CCCC(=O)CC(=O)c2ccc(C(=O)Cc3ccccc3)cc2)cc1. The van der Waals surface area contributed by atoms with Crippen LogP contribution < -0.4 is 4.74 Å². The van der Waals surface area contributed by atoms with Crippen LogP contribution in [0.2, 0.25) is 0 Å². The highest BCUT2D eigenvalue weighted by Crippen LogP contribution is 2.15. The molecule has 158 valence electrons. The Morgan fingerprint density at radius 1 is 0.710 bits per heavy atom. The summed E-state index contributed by atoms with van der Waals surface area (Å²) < 4.78 is 5.13. The van der Waals surface area contributed by atoms with Gasteiger partial charge in [-0.1, -0.05) is 66.7 Å². The predicted molar refractivity (Wildman–Crippen MR) is 121 cm³/mol. The summed E-state index contributed by atoms with van der Waals surface area (Å²) in [5, 5.41) is 0. The molecular weight excluding hydrogens is 388 g/mol. The minimum Gasteiger partial charge on any atom is -0.497 e. The maximum atomic E-state index is 12.4. The molecule has 0 aromatic heterocycles. The first-order valence-corrected chi connectivity index (χ1v) is 10.4. The van der Waals surface area contributed by atoms with Crippen molar-refractivity contribution in [2.75, 3.05) is 7.11 Å². The number of hydrogen-bond acceptors (Lipinski definition) is 4. The Morgan fingerprint density at radius 2 is 1.32 bits per heavy atom. The van der Waals surface area contributed by atoms with Crippen molar-refractivity contribution >= 4 is 17.3 Å². The topological polar surface area (TPSA) is 60.4 Å². The van der Waals surface area contributed by atoms with Crippen LogP contribution in [0.4, 0.5) is 0 Å². The molecule has 3 aromatic carbocycles. The lowest BCUT2D eigenvalue weighted by Crippen LogP contribution is -2.09. The Balaban J connectivity index is 1.46. The number of rotatable bonds is 11. The number of hydrogen-bond donors (Lipinski definition) is 0. The first-order valence-electron chi connectivity index (χ1n) is 10.4. The van der Waals surface area contributed by atoms with E-state index in [0.29, 0.717) is 30.4 Å². The van der Waals surface area contributed by atoms with E-state index in [9.17, 15) is 14.4 Å². The Bertz CT molecular complexity index is 1020. The van der Waals surface area contributed by atoms with E-state index >= 15 is 0 Å². The van der Waals surface area contributed by atoms with E-state index in [1.165, 1.54) is 0 Å². The summed E-state index contributed by atoms with van der Waals surface area (Å²) in [6.45, 7) is 0. The number of methoxy groups -OCH3 is 1. The molecule has 0 atom stereocenters. The third-order valence-electron chi connectivity index (χ3n) is 5.17. The lowest BCUT2D eigenvalue weighted by atomic mass is 9.98. The summed E-state index contributed by atoms with van der Waals surface area (Å²) in [6, 6.07) is 23.9. The van der Waals surface area contributed by atoms with Crippen LogP contribution in [0.5, 0.6) is 5.75 Å². The fraction of sp³-hybridized carbons (Fsp3) is 0.222. The quantitative estimate of drug-likeness (QED) is 0.316. The van der Waals surface area contributed by atoms with Gasteiger partial charge in [-0.05, 0) is 36.1 Å². The maximum Gasteiger partial charge on any atom is 0.170 e. The molecule has 0 saturated carbocycles. The highest BCUT2D eigenvalue weighted by atomic mass is 16.5. The largest absolute Gasteiger partial charge is 0.497 e. The summed E-state index contributed by atoms with van der Waals surface area (Å²) >= 11 is 0. The van der Waals surface area contributed by atoms with Crippen LogP contribution >= 0.6 is 0 Å². The lowest BCUT2D eigenvalue weighted by Gasteiger charge is -2.05. The fourth-order valence-electron chi connectivity index (χ4n) is 3.38. The third-order valence-corrected chi connectivity index (χ3v) is 5.17. The summed E-state index contributed by atoms with van der Waals surface area (Å²) in [4.78, 5) is 37.0. The molecular formula is C27H26O4. The number of carbonyl (C=O) groups excluding carboxylic acids is 3. The molecule has 0 N–H and O–H groups in total. The monoisotopic (exact) mass is 414 g/mol. The molecule has 4 heteroatoms. The van der Waals surface area contributed by atoms with E-state index in [2.05, 4.69) is 0 Å². The van der Waals surface area contributed by atoms with Gasteiger partial charge in [0.1, 0.15) is 11.5 Å². The zero-order valence-corrected chi connectivity index (χ0v) is 17.7. The number of ether oxygens (including phenoxy) is 1. The molecule has 0 aliphatic carbocycles. The van der Waals surface area contributed by atoms with E-state index in [4.69, 9.17) is 4.74 Å². The molecule has 31 heavy (non-hydrogen) atoms. The van der Waals surface area contributed by atoms with Crippen molar-refractivity contribution in [2.45, 2.75) is 32.1 Å². The van der Waals surface area contributed by atoms with Crippen LogP contribution in [0.1, 0.15) is 51.1 Å². The molecule has 0 amide bonds. The van der Waals surface area contributed by atoms with Gasteiger partial charge in [0.2, 0.25) is 0 Å². The molecule has 4 nitrogen and oxygen atoms in total. The van der Waals surface area contributed by atoms with E-state index < -0.39 is 0 Å². The maximum absolute atomic E-state index is 12.4. The van der Waals surface area contributed by atoms with Crippen molar-refractivity contribution in [3.8, 4) is 5.75 Å². The van der Waals surface area contributed by atoms with E-state index in [0.717, 1.165) is 23.3 Å². The summed E-state index contributed by atoms with van der Waals surface area (Å²) in [5.74, 6) is 0.525. The normalized spacial score (nSPS) is 10.5. The molecule has 0 radical (unpaired) electrons. The zero-order chi connectivity index (χ0) is 22.1. The standard InChI is InChI=1S/C27H26O4/c1-31-25-16-10-20(11-17-25)8-5-9-24(28)19-27(30)23-14-12-22(13-15-23)26(29)18-21-6-3-2-4-7-21/h2-4,6-7,10-17H,5,8-9,18-19H2,1H3. The predicted octanol–water partition coefficient (Wildman–Crippen LogP) is 5.29. The van der Waals surface area contributed by atoms with Gasteiger partial charge in [-0.3, -0.25) is 14.4 Å². The minimum atomic E-state index is -0.212. The molecule has 3 aromatic rings. The molecule has 3 rings (SSSR count). The van der Waals surface area contributed by atoms with Gasteiger partial charge in [-0.25, -0.2) is 0 Å². The van der Waals surface area contributed by atoms with Crippen molar-refractivity contribution in [1.29, 1.82) is 0 Å². The second-order valence-corrected chi connectivity index (χ2v) is 7.50. The number of benzene rings is 3. The molecule has 0 aliphatic rings. The van der Waals surface area contributed by atoms with Crippen LogP contribution in [0.3, 0.4) is 0 Å². The third kappa shape index (κ3) is 6.75. The molecule has 0 fully saturated rings. The minimum absolute atomic E-state index is 0.000178. The number of Topliss-reactive ketones (excluding diaryl/α,β-unsaturated/α-hetero) is 3. The van der Waals surface area contributed by atoms with Crippen molar-refractivity contribution in [3.05, 3.63) is 101 Å². The highest BCUT2D eigenvalue weighted by molar-refractivity contribution is 6.08. The van der Waals surface area contributed by atoms with Crippen molar-refractivity contribution in [2.24, 2.45) is 0 Å². The average Bonchev–Trinajstić information content (AvgIpc) is 2.80. The van der Waals surface area contributed by atoms with Crippen LogP contribution in [0.15, 0.2) is 78.9 Å². The Morgan fingerprint density at radius 3 is 1.94 bits per heavy atom. The van der Waals surface area contributed by atoms with Crippen LogP contribution in [0, 0.1) is 0 Å². The summed E-state index contributed by atoms with van der Waals surface area (Å²) in [5.41, 5.74) is 3.11. The van der Waals surface area contributed by atoms with Crippen molar-refractivity contribution < 1.29 is 19.1 Å². The summed E-state index contributed by atoms with van der Waals surface area (Å²) in [7, 11) is 1.63. The lowest BCUT2D eigenvalue weighted by molar-refractivity contribution is -0.118. The number of aryl methyl sites for hydroxylation is 1. The molecule has 0 aliphatic heterocycles. The van der Waals surface area contributed by atoms with Gasteiger partial charge in [-0.2, -0.15) is 0 Å². The first-order chi connectivity index (χ1) is 15.0. The zero-order valence-electron chi connectivity index (χ0n) is 17.7. The molecule has 0 saturated heterocycles. The first kappa shape index (κ1) is 22.2. The second kappa shape index (κ2) is 11.0. The molecule has 0 unspecified atom stereocenters. The van der Waals surface area contributed by atoms with Gasteiger partial charge in [0.05, 0.1) is 13.5 Å². The van der Waals surface area contributed by atoms with Gasteiger partial charge in [0, 0.05) is 24.0 Å². The van der Waals surface area contributed by atoms with Crippen molar-refractivity contribution in [3.63, 3.8) is 0 Å². The van der Waals surface area contributed by atoms with Gasteiger partial charge in [0.25, 0.3) is 0 Å². The molecule has 0 heterocycles. The van der Waals surface area contributed by atoms with E-state index in [1.807, 2.05) is 54.6 Å². The Hall–Kier alpha value is -3.53. The van der Waals surface area contributed by atoms with Crippen LogP contribution in [-0.4, -0.2) is 24.5 Å². The molecule has 0 spiro atoms. The smallest absolute Gasteiger partial charge is 0.170 e. The Labute approximate surface area is 182 Å². The highest BCUT2D eigenvalue weighted by Gasteiger charge is 2.13.